The Morgan fingerprint density at radius 3 is 2.68 bits per heavy atom. The van der Waals surface area contributed by atoms with Crippen molar-refractivity contribution in [3.63, 3.8) is 0 Å². The van der Waals surface area contributed by atoms with Gasteiger partial charge in [-0.15, -0.1) is 0 Å². The number of nitrogens with zero attached hydrogens (tertiary/aromatic N) is 2. The molecule has 1 aliphatic rings. The largest absolute Gasteiger partial charge is 0.457 e. The lowest BCUT2D eigenvalue weighted by Crippen LogP contribution is -2.16. The third-order valence-corrected chi connectivity index (χ3v) is 4.92. The van der Waals surface area contributed by atoms with Gasteiger partial charge in [-0.25, -0.2) is 4.98 Å². The SMILES string of the molecule is O=C(Cc1cccc2c1CC(n1ccnc1)C2=O)OCC(=O)c1ccccc1. The van der Waals surface area contributed by atoms with Crippen LogP contribution in [0.1, 0.15) is 37.9 Å². The Balaban J connectivity index is 1.43. The Kier molecular flexibility index (Phi) is 4.85. The summed E-state index contributed by atoms with van der Waals surface area (Å²) in [6.07, 6.45) is 5.56. The van der Waals surface area contributed by atoms with Gasteiger partial charge in [-0.05, 0) is 11.1 Å². The van der Waals surface area contributed by atoms with Crippen LogP contribution >= 0.6 is 0 Å². The molecule has 0 radical (unpaired) electrons. The normalized spacial score (nSPS) is 15.3. The van der Waals surface area contributed by atoms with E-state index in [9.17, 15) is 14.4 Å². The van der Waals surface area contributed by atoms with Gasteiger partial charge in [-0.2, -0.15) is 0 Å². The number of carbonyl (C=O) groups is 3. The monoisotopic (exact) mass is 374 g/mol. The Hall–Kier alpha value is -3.54. The summed E-state index contributed by atoms with van der Waals surface area (Å²) in [5.74, 6) is -0.721. The molecule has 28 heavy (non-hydrogen) atoms. The number of fused-ring (bicyclic) bond motifs is 1. The van der Waals surface area contributed by atoms with Crippen LogP contribution in [0.5, 0.6) is 0 Å². The van der Waals surface area contributed by atoms with Crippen LogP contribution in [0, 0.1) is 0 Å². The van der Waals surface area contributed by atoms with Crippen molar-refractivity contribution in [2.24, 2.45) is 0 Å². The van der Waals surface area contributed by atoms with Crippen LogP contribution in [0.25, 0.3) is 0 Å². The summed E-state index contributed by atoms with van der Waals surface area (Å²) in [6.45, 7) is -0.297. The highest BCUT2D eigenvalue weighted by atomic mass is 16.5. The zero-order valence-electron chi connectivity index (χ0n) is 15.1. The molecule has 1 aliphatic carbocycles. The van der Waals surface area contributed by atoms with E-state index in [1.165, 1.54) is 0 Å². The van der Waals surface area contributed by atoms with Crippen molar-refractivity contribution in [3.8, 4) is 0 Å². The Bertz CT molecular complexity index is 1030. The molecular weight excluding hydrogens is 356 g/mol. The van der Waals surface area contributed by atoms with Gasteiger partial charge in [0.15, 0.2) is 18.2 Å². The van der Waals surface area contributed by atoms with Gasteiger partial charge < -0.3 is 9.30 Å². The van der Waals surface area contributed by atoms with Crippen molar-refractivity contribution in [2.75, 3.05) is 6.61 Å². The topological polar surface area (TPSA) is 78.3 Å². The number of Topliss-reactive ketones (excluding diaryl/α,β-unsaturated/α-hetero) is 2. The molecule has 0 fully saturated rings. The maximum absolute atomic E-state index is 12.7. The molecule has 0 aliphatic heterocycles. The number of ketones is 2. The second-order valence-electron chi connectivity index (χ2n) is 6.66. The van der Waals surface area contributed by atoms with Crippen molar-refractivity contribution < 1.29 is 19.1 Å². The van der Waals surface area contributed by atoms with E-state index in [0.29, 0.717) is 17.5 Å². The maximum Gasteiger partial charge on any atom is 0.310 e. The third kappa shape index (κ3) is 3.49. The lowest BCUT2D eigenvalue weighted by atomic mass is 10.0. The average Bonchev–Trinajstić information content (AvgIpc) is 3.36. The quantitative estimate of drug-likeness (QED) is 0.490. The van der Waals surface area contributed by atoms with Gasteiger partial charge in [-0.1, -0.05) is 48.5 Å². The smallest absolute Gasteiger partial charge is 0.310 e. The highest BCUT2D eigenvalue weighted by molar-refractivity contribution is 6.04. The molecule has 1 heterocycles. The number of hydrogen-bond acceptors (Lipinski definition) is 5. The zero-order chi connectivity index (χ0) is 19.5. The summed E-state index contributed by atoms with van der Waals surface area (Å²) in [4.78, 5) is 41.0. The van der Waals surface area contributed by atoms with Crippen molar-refractivity contribution in [3.05, 3.63) is 89.5 Å². The number of hydrogen-bond donors (Lipinski definition) is 0. The number of rotatable bonds is 6. The van der Waals surface area contributed by atoms with Crippen molar-refractivity contribution in [2.45, 2.75) is 18.9 Å². The summed E-state index contributed by atoms with van der Waals surface area (Å²) >= 11 is 0. The summed E-state index contributed by atoms with van der Waals surface area (Å²) in [5.41, 5.74) is 2.75. The first-order chi connectivity index (χ1) is 13.6. The van der Waals surface area contributed by atoms with Gasteiger partial charge >= 0.3 is 5.97 Å². The minimum atomic E-state index is -0.490. The molecule has 2 aromatic carbocycles. The van der Waals surface area contributed by atoms with Gasteiger partial charge in [0.05, 0.1) is 12.7 Å². The number of ether oxygens (including phenoxy) is 1. The summed E-state index contributed by atoms with van der Waals surface area (Å²) in [7, 11) is 0. The van der Waals surface area contributed by atoms with Crippen LogP contribution < -0.4 is 0 Å². The molecule has 0 N–H and O–H groups in total. The highest BCUT2D eigenvalue weighted by Gasteiger charge is 2.33. The lowest BCUT2D eigenvalue weighted by Gasteiger charge is -2.09. The van der Waals surface area contributed by atoms with Crippen LogP contribution in [0.2, 0.25) is 0 Å². The van der Waals surface area contributed by atoms with E-state index in [2.05, 4.69) is 4.98 Å². The van der Waals surface area contributed by atoms with Crippen LogP contribution in [-0.2, 0) is 22.4 Å². The van der Waals surface area contributed by atoms with E-state index in [-0.39, 0.29) is 30.6 Å². The van der Waals surface area contributed by atoms with Crippen LogP contribution in [0.15, 0.2) is 67.3 Å². The van der Waals surface area contributed by atoms with E-state index >= 15 is 0 Å². The molecule has 0 amide bonds. The van der Waals surface area contributed by atoms with Crippen molar-refractivity contribution >= 4 is 17.5 Å². The van der Waals surface area contributed by atoms with Gasteiger partial charge in [0, 0.05) is 29.9 Å². The predicted octanol–water partition coefficient (Wildman–Crippen LogP) is 2.83. The fraction of sp³-hybridized carbons (Fsp3) is 0.182. The minimum Gasteiger partial charge on any atom is -0.457 e. The number of esters is 1. The number of imidazole rings is 1. The molecule has 0 bridgehead atoms. The van der Waals surface area contributed by atoms with Gasteiger partial charge in [0.2, 0.25) is 0 Å². The second kappa shape index (κ2) is 7.60. The lowest BCUT2D eigenvalue weighted by molar-refractivity contribution is -0.141. The van der Waals surface area contributed by atoms with E-state index < -0.39 is 5.97 Å². The third-order valence-electron chi connectivity index (χ3n) is 4.92. The molecule has 1 aromatic heterocycles. The summed E-state index contributed by atoms with van der Waals surface area (Å²) in [6, 6.07) is 13.7. The first-order valence-electron chi connectivity index (χ1n) is 9.00. The van der Waals surface area contributed by atoms with E-state index in [1.54, 1.807) is 59.7 Å². The first-order valence-corrected chi connectivity index (χ1v) is 9.00. The Morgan fingerprint density at radius 1 is 1.11 bits per heavy atom. The first kappa shape index (κ1) is 17.9. The van der Waals surface area contributed by atoms with Gasteiger partial charge in [-0.3, -0.25) is 14.4 Å². The van der Waals surface area contributed by atoms with Crippen LogP contribution in [-0.4, -0.2) is 33.7 Å². The summed E-state index contributed by atoms with van der Waals surface area (Å²) in [5, 5.41) is 0. The molecule has 6 nitrogen and oxygen atoms in total. The van der Waals surface area contributed by atoms with Crippen LogP contribution in [0.4, 0.5) is 0 Å². The van der Waals surface area contributed by atoms with Gasteiger partial charge in [0.25, 0.3) is 0 Å². The average molecular weight is 374 g/mol. The molecule has 0 saturated heterocycles. The minimum absolute atomic E-state index is 0.0162. The maximum atomic E-state index is 12.7. The second-order valence-corrected chi connectivity index (χ2v) is 6.66. The molecule has 6 heteroatoms. The number of benzene rings is 2. The predicted molar refractivity (Wildman–Crippen MR) is 101 cm³/mol. The fourth-order valence-corrected chi connectivity index (χ4v) is 3.49. The molecular formula is C22H18N2O4. The van der Waals surface area contributed by atoms with Crippen molar-refractivity contribution in [1.82, 2.24) is 9.55 Å². The van der Waals surface area contributed by atoms with E-state index in [4.69, 9.17) is 4.74 Å². The summed E-state index contributed by atoms with van der Waals surface area (Å²) < 4.78 is 6.94. The zero-order valence-corrected chi connectivity index (χ0v) is 15.1. The molecule has 0 spiro atoms. The van der Waals surface area contributed by atoms with Crippen molar-refractivity contribution in [1.29, 1.82) is 0 Å². The van der Waals surface area contributed by atoms with E-state index in [1.807, 2.05) is 12.1 Å². The standard InChI is InChI=1S/C22H18N2O4/c25-20(15-5-2-1-3-6-15)13-28-21(26)11-16-7-4-8-17-18(16)12-19(22(17)27)24-10-9-23-14-24/h1-10,14,19H,11-13H2. The molecule has 3 aromatic rings. The molecule has 4 rings (SSSR count). The Labute approximate surface area is 161 Å². The van der Waals surface area contributed by atoms with E-state index in [0.717, 1.165) is 11.1 Å². The fourth-order valence-electron chi connectivity index (χ4n) is 3.49. The van der Waals surface area contributed by atoms with Crippen LogP contribution in [0.3, 0.4) is 0 Å². The number of aromatic nitrogens is 2. The molecule has 140 valence electrons. The molecule has 1 atom stereocenters. The highest BCUT2D eigenvalue weighted by Crippen LogP contribution is 2.32. The molecule has 0 saturated carbocycles. The molecule has 1 unspecified atom stereocenters. The van der Waals surface area contributed by atoms with Gasteiger partial charge in [0.1, 0.15) is 6.04 Å². The number of carbonyl (C=O) groups excluding carboxylic acids is 3. The Morgan fingerprint density at radius 2 is 1.93 bits per heavy atom.